The summed E-state index contributed by atoms with van der Waals surface area (Å²) in [5, 5.41) is 0. The zero-order chi connectivity index (χ0) is 27.4. The summed E-state index contributed by atoms with van der Waals surface area (Å²) in [6.45, 7) is 38.0. The molecular formula is C35H56. The minimum atomic E-state index is 0.0937. The third-order valence-electron chi connectivity index (χ3n) is 7.43. The number of hydrogen-bond donors (Lipinski definition) is 0. The molecule has 2 aromatic rings. The third-order valence-corrected chi connectivity index (χ3v) is 7.43. The minimum Gasteiger partial charge on any atom is -0.0617 e. The van der Waals surface area contributed by atoms with Gasteiger partial charge in [-0.25, -0.2) is 0 Å². The van der Waals surface area contributed by atoms with Crippen molar-refractivity contribution in [1.29, 1.82) is 0 Å². The fourth-order valence-electron chi connectivity index (χ4n) is 5.52. The zero-order valence-corrected chi connectivity index (χ0v) is 26.2. The first-order valence-corrected chi connectivity index (χ1v) is 13.8. The van der Waals surface area contributed by atoms with Crippen molar-refractivity contribution in [3.63, 3.8) is 0 Å². The van der Waals surface area contributed by atoms with Crippen molar-refractivity contribution in [3.8, 4) is 0 Å². The highest BCUT2D eigenvalue weighted by atomic mass is 14.4. The third kappa shape index (κ3) is 6.81. The first-order valence-electron chi connectivity index (χ1n) is 13.8. The van der Waals surface area contributed by atoms with E-state index in [1.165, 1.54) is 27.8 Å². The second-order valence-electron chi connectivity index (χ2n) is 16.2. The van der Waals surface area contributed by atoms with Gasteiger partial charge < -0.3 is 0 Å². The van der Waals surface area contributed by atoms with Crippen LogP contribution in [0.2, 0.25) is 0 Å². The predicted molar refractivity (Wildman–Crippen MR) is 159 cm³/mol. The monoisotopic (exact) mass is 476 g/mol. The van der Waals surface area contributed by atoms with E-state index in [2.05, 4.69) is 141 Å². The van der Waals surface area contributed by atoms with Crippen molar-refractivity contribution in [2.45, 2.75) is 150 Å². The van der Waals surface area contributed by atoms with E-state index in [9.17, 15) is 0 Å². The molecule has 0 aliphatic carbocycles. The van der Waals surface area contributed by atoms with Crippen molar-refractivity contribution in [3.05, 3.63) is 69.3 Å². The van der Waals surface area contributed by atoms with Gasteiger partial charge in [-0.2, -0.15) is 0 Å². The van der Waals surface area contributed by atoms with Crippen molar-refractivity contribution in [2.75, 3.05) is 0 Å². The average Bonchev–Trinajstić information content (AvgIpc) is 2.63. The molecule has 2 rings (SSSR count). The molecule has 2 aromatic carbocycles. The molecule has 0 amide bonds. The van der Waals surface area contributed by atoms with E-state index in [-0.39, 0.29) is 27.1 Å². The Hall–Kier alpha value is -1.56. The largest absolute Gasteiger partial charge is 0.0617 e. The van der Waals surface area contributed by atoms with Crippen LogP contribution < -0.4 is 0 Å². The Labute approximate surface area is 219 Å². The lowest BCUT2D eigenvalue weighted by atomic mass is 9.68. The molecule has 0 bridgehead atoms. The Morgan fingerprint density at radius 3 is 1.31 bits per heavy atom. The summed E-state index contributed by atoms with van der Waals surface area (Å²) < 4.78 is 0. The number of rotatable bonds is 3. The molecule has 0 saturated heterocycles. The highest BCUT2D eigenvalue weighted by Gasteiger charge is 2.32. The van der Waals surface area contributed by atoms with E-state index in [0.29, 0.717) is 5.92 Å². The Morgan fingerprint density at radius 1 is 0.543 bits per heavy atom. The second kappa shape index (κ2) is 9.39. The number of hydrogen-bond acceptors (Lipinski definition) is 0. The van der Waals surface area contributed by atoms with Gasteiger partial charge in [-0.05, 0) is 78.4 Å². The molecule has 1 atom stereocenters. The summed E-state index contributed by atoms with van der Waals surface area (Å²) in [6.07, 6.45) is 1.07. The maximum Gasteiger partial charge on any atom is -0.0126 e. The van der Waals surface area contributed by atoms with Crippen LogP contribution in [0.1, 0.15) is 156 Å². The lowest BCUT2D eigenvalue weighted by Crippen LogP contribution is -2.27. The van der Waals surface area contributed by atoms with Gasteiger partial charge in [-0.15, -0.1) is 0 Å². The van der Waals surface area contributed by atoms with Crippen molar-refractivity contribution in [1.82, 2.24) is 0 Å². The Kier molecular flexibility index (Phi) is 7.96. The molecule has 0 N–H and O–H groups in total. The molecule has 1 unspecified atom stereocenters. The summed E-state index contributed by atoms with van der Waals surface area (Å²) in [6, 6.07) is 12.1. The van der Waals surface area contributed by atoms with E-state index in [1.807, 2.05) is 0 Å². The molecule has 196 valence electrons. The maximum absolute atomic E-state index is 2.52. The molecule has 0 aromatic heterocycles. The van der Waals surface area contributed by atoms with E-state index < -0.39 is 0 Å². The summed E-state index contributed by atoms with van der Waals surface area (Å²) >= 11 is 0. The minimum absolute atomic E-state index is 0.0937. The van der Waals surface area contributed by atoms with E-state index in [0.717, 1.165) is 6.42 Å². The van der Waals surface area contributed by atoms with E-state index in [1.54, 1.807) is 11.1 Å². The first kappa shape index (κ1) is 29.7. The van der Waals surface area contributed by atoms with Gasteiger partial charge in [0, 0.05) is 0 Å². The molecule has 0 fully saturated rings. The van der Waals surface area contributed by atoms with Crippen LogP contribution in [-0.2, 0) is 33.5 Å². The van der Waals surface area contributed by atoms with Crippen molar-refractivity contribution < 1.29 is 0 Å². The van der Waals surface area contributed by atoms with Crippen LogP contribution in [-0.4, -0.2) is 0 Å². The van der Waals surface area contributed by atoms with Gasteiger partial charge in [0.05, 0.1) is 0 Å². The molecule has 0 radical (unpaired) electrons. The molecule has 0 aliphatic rings. The molecular weight excluding hydrogens is 420 g/mol. The lowest BCUT2D eigenvalue weighted by molar-refractivity contribution is 0.514. The quantitative estimate of drug-likeness (QED) is 0.413. The Balaban J connectivity index is 2.84. The summed E-state index contributed by atoms with van der Waals surface area (Å²) in [4.78, 5) is 0. The van der Waals surface area contributed by atoms with Gasteiger partial charge in [-0.1, -0.05) is 141 Å². The lowest BCUT2D eigenvalue weighted by Gasteiger charge is -2.36. The van der Waals surface area contributed by atoms with Gasteiger partial charge in [0.15, 0.2) is 0 Å². The molecule has 0 heterocycles. The molecule has 0 spiro atoms. The molecule has 0 saturated carbocycles. The molecule has 0 aliphatic heterocycles. The Morgan fingerprint density at radius 2 is 0.971 bits per heavy atom. The van der Waals surface area contributed by atoms with E-state index in [4.69, 9.17) is 0 Å². The topological polar surface area (TPSA) is 0 Å². The van der Waals surface area contributed by atoms with Crippen LogP contribution in [0.5, 0.6) is 0 Å². The van der Waals surface area contributed by atoms with Crippen LogP contribution in [0.25, 0.3) is 0 Å². The standard InChI is InChI=1S/C35H56/c1-23(25-18-17-19-27(32(5,6)7)30(25)35(14,15)16)20-26-28(33(8,9)10)21-24(31(2,3)4)22-29(26)34(11,12)13/h17-19,21-23H,20H2,1-16H3. The van der Waals surface area contributed by atoms with Crippen LogP contribution >= 0.6 is 0 Å². The van der Waals surface area contributed by atoms with Gasteiger partial charge in [0.1, 0.15) is 0 Å². The van der Waals surface area contributed by atoms with Crippen LogP contribution in [0, 0.1) is 0 Å². The van der Waals surface area contributed by atoms with Gasteiger partial charge in [0.2, 0.25) is 0 Å². The SMILES string of the molecule is CC(Cc1c(C(C)(C)C)cc(C(C)(C)C)cc1C(C)(C)C)c1cccc(C(C)(C)C)c1C(C)(C)C. The van der Waals surface area contributed by atoms with Crippen molar-refractivity contribution >= 4 is 0 Å². The molecule has 0 nitrogen and oxygen atoms in total. The predicted octanol–water partition coefficient (Wildman–Crippen LogP) is 10.5. The molecule has 0 heteroatoms. The van der Waals surface area contributed by atoms with Gasteiger partial charge >= 0.3 is 0 Å². The smallest absolute Gasteiger partial charge is 0.0126 e. The first-order chi connectivity index (χ1) is 15.5. The fourth-order valence-corrected chi connectivity index (χ4v) is 5.52. The fraction of sp³-hybridized carbons (Fsp3) is 0.657. The zero-order valence-electron chi connectivity index (χ0n) is 26.2. The van der Waals surface area contributed by atoms with Crippen LogP contribution in [0.15, 0.2) is 30.3 Å². The maximum atomic E-state index is 2.52. The van der Waals surface area contributed by atoms with Crippen LogP contribution in [0.3, 0.4) is 0 Å². The second-order valence-corrected chi connectivity index (χ2v) is 16.2. The Bertz CT molecular complexity index is 993. The van der Waals surface area contributed by atoms with Gasteiger partial charge in [0.25, 0.3) is 0 Å². The number of benzene rings is 2. The average molecular weight is 477 g/mol. The van der Waals surface area contributed by atoms with Crippen molar-refractivity contribution in [2.24, 2.45) is 0 Å². The molecule has 35 heavy (non-hydrogen) atoms. The summed E-state index contributed by atoms with van der Waals surface area (Å²) in [5.74, 6) is 0.439. The normalized spacial score (nSPS) is 14.9. The van der Waals surface area contributed by atoms with E-state index >= 15 is 0 Å². The highest BCUT2D eigenvalue weighted by molar-refractivity contribution is 5.50. The van der Waals surface area contributed by atoms with Crippen LogP contribution in [0.4, 0.5) is 0 Å². The highest BCUT2D eigenvalue weighted by Crippen LogP contribution is 2.43. The summed E-state index contributed by atoms with van der Waals surface area (Å²) in [7, 11) is 0. The van der Waals surface area contributed by atoms with Gasteiger partial charge in [-0.3, -0.25) is 0 Å². The summed E-state index contributed by atoms with van der Waals surface area (Å²) in [5.41, 5.74) is 11.1.